The molecule has 4 atom stereocenters. The molecule has 0 spiro atoms. The van der Waals surface area contributed by atoms with Gasteiger partial charge in [0.05, 0.1) is 6.42 Å². The van der Waals surface area contributed by atoms with E-state index in [4.69, 9.17) is 9.47 Å². The van der Waals surface area contributed by atoms with E-state index < -0.39 is 48.1 Å². The van der Waals surface area contributed by atoms with Gasteiger partial charge in [-0.15, -0.1) is 0 Å². The number of esters is 1. The predicted octanol–water partition coefficient (Wildman–Crippen LogP) is 0.656. The Morgan fingerprint density at radius 2 is 1.95 bits per heavy atom. The Hall–Kier alpha value is -4.06. The number of carbonyl (C=O) groups is 5. The number of nitrogens with one attached hydrogen (secondary N) is 2. The van der Waals surface area contributed by atoms with Crippen molar-refractivity contribution in [2.75, 3.05) is 13.2 Å². The maximum atomic E-state index is 13.7. The van der Waals surface area contributed by atoms with E-state index in [1.54, 1.807) is 25.1 Å². The second-order valence-corrected chi connectivity index (χ2v) is 9.44. The van der Waals surface area contributed by atoms with E-state index in [1.165, 1.54) is 16.2 Å². The van der Waals surface area contributed by atoms with Gasteiger partial charge in [-0.25, -0.2) is 5.01 Å². The lowest BCUT2D eigenvalue weighted by molar-refractivity contribution is -0.177. The van der Waals surface area contributed by atoms with Crippen LogP contribution in [0.2, 0.25) is 0 Å². The third-order valence-corrected chi connectivity index (χ3v) is 6.98. The SMILES string of the molecule is CCO[C@@H]1OC(=O)C[C@@H]1NC(=O)C1CCCN2C(=O)CC[C@H](NC(=O)c3nccc4ccccc34)C(=O)N12. The molecular formula is C26H29N5O7. The third kappa shape index (κ3) is 4.91. The van der Waals surface area contributed by atoms with E-state index in [9.17, 15) is 24.0 Å². The predicted molar refractivity (Wildman–Crippen MR) is 132 cm³/mol. The molecule has 200 valence electrons. The van der Waals surface area contributed by atoms with Crippen molar-refractivity contribution >= 4 is 40.4 Å². The number of carbonyl (C=O) groups excluding carboxylic acids is 5. The molecule has 1 unspecified atom stereocenters. The molecule has 3 saturated heterocycles. The highest BCUT2D eigenvalue weighted by atomic mass is 16.7. The van der Waals surface area contributed by atoms with Crippen LogP contribution in [0.4, 0.5) is 0 Å². The summed E-state index contributed by atoms with van der Waals surface area (Å²) in [7, 11) is 0. The van der Waals surface area contributed by atoms with Crippen LogP contribution < -0.4 is 10.6 Å². The van der Waals surface area contributed by atoms with Gasteiger partial charge in [0.2, 0.25) is 18.1 Å². The Balaban J connectivity index is 1.36. The molecule has 0 saturated carbocycles. The van der Waals surface area contributed by atoms with Gasteiger partial charge >= 0.3 is 5.97 Å². The van der Waals surface area contributed by atoms with Crippen molar-refractivity contribution < 1.29 is 33.4 Å². The lowest BCUT2D eigenvalue weighted by Gasteiger charge is -2.43. The summed E-state index contributed by atoms with van der Waals surface area (Å²) in [6, 6.07) is 6.33. The van der Waals surface area contributed by atoms with E-state index in [1.807, 2.05) is 12.1 Å². The number of benzene rings is 1. The van der Waals surface area contributed by atoms with Crippen LogP contribution in [0.1, 0.15) is 49.5 Å². The molecule has 12 nitrogen and oxygen atoms in total. The number of hydrazine groups is 1. The molecule has 5 rings (SSSR count). The molecule has 1 aromatic heterocycles. The van der Waals surface area contributed by atoms with Crippen molar-refractivity contribution in [1.82, 2.24) is 25.6 Å². The van der Waals surface area contributed by atoms with Crippen LogP contribution >= 0.6 is 0 Å². The first-order chi connectivity index (χ1) is 18.4. The first kappa shape index (κ1) is 25.6. The zero-order valence-electron chi connectivity index (χ0n) is 20.9. The number of hydrogen-bond acceptors (Lipinski definition) is 8. The Morgan fingerprint density at radius 1 is 1.13 bits per heavy atom. The van der Waals surface area contributed by atoms with Gasteiger partial charge in [-0.1, -0.05) is 24.3 Å². The molecule has 4 heterocycles. The monoisotopic (exact) mass is 523 g/mol. The van der Waals surface area contributed by atoms with Gasteiger partial charge in [-0.05, 0) is 37.6 Å². The van der Waals surface area contributed by atoms with Crippen molar-refractivity contribution in [1.29, 1.82) is 0 Å². The minimum atomic E-state index is -1.03. The third-order valence-electron chi connectivity index (χ3n) is 6.98. The largest absolute Gasteiger partial charge is 0.433 e. The Labute approximate surface area is 218 Å². The molecule has 0 bridgehead atoms. The summed E-state index contributed by atoms with van der Waals surface area (Å²) in [4.78, 5) is 69.3. The fraction of sp³-hybridized carbons (Fsp3) is 0.462. The lowest BCUT2D eigenvalue weighted by Crippen LogP contribution is -2.64. The molecule has 0 radical (unpaired) electrons. The zero-order chi connectivity index (χ0) is 26.8. The topological polar surface area (TPSA) is 147 Å². The summed E-state index contributed by atoms with van der Waals surface area (Å²) >= 11 is 0. The number of hydrogen-bond donors (Lipinski definition) is 2. The molecule has 0 aliphatic carbocycles. The molecule has 3 fully saturated rings. The van der Waals surface area contributed by atoms with Crippen LogP contribution in [0, 0.1) is 0 Å². The summed E-state index contributed by atoms with van der Waals surface area (Å²) in [5, 5.41) is 9.45. The summed E-state index contributed by atoms with van der Waals surface area (Å²) in [6.07, 6.45) is 1.49. The molecule has 3 aliphatic heterocycles. The van der Waals surface area contributed by atoms with Crippen LogP contribution in [0.3, 0.4) is 0 Å². The minimum Gasteiger partial charge on any atom is -0.433 e. The maximum Gasteiger partial charge on any atom is 0.310 e. The number of fused-ring (bicyclic) bond motifs is 2. The number of nitrogens with zero attached hydrogens (tertiary/aromatic N) is 3. The molecule has 38 heavy (non-hydrogen) atoms. The van der Waals surface area contributed by atoms with Crippen LogP contribution in [0.15, 0.2) is 36.5 Å². The van der Waals surface area contributed by atoms with Crippen molar-refractivity contribution in [3.63, 3.8) is 0 Å². The molecular weight excluding hydrogens is 494 g/mol. The van der Waals surface area contributed by atoms with Crippen LogP contribution in [0.25, 0.3) is 10.8 Å². The first-order valence-corrected chi connectivity index (χ1v) is 12.8. The second-order valence-electron chi connectivity index (χ2n) is 9.44. The molecule has 3 aliphatic rings. The van der Waals surface area contributed by atoms with E-state index in [-0.39, 0.29) is 44.0 Å². The number of pyridine rings is 1. The molecule has 12 heteroatoms. The van der Waals surface area contributed by atoms with Crippen molar-refractivity contribution in [2.45, 2.75) is 63.4 Å². The van der Waals surface area contributed by atoms with Crippen molar-refractivity contribution in [3.05, 3.63) is 42.2 Å². The van der Waals surface area contributed by atoms with Gasteiger partial charge in [0.1, 0.15) is 23.8 Å². The van der Waals surface area contributed by atoms with Gasteiger partial charge in [-0.2, -0.15) is 0 Å². The van der Waals surface area contributed by atoms with E-state index >= 15 is 0 Å². The molecule has 2 N–H and O–H groups in total. The van der Waals surface area contributed by atoms with E-state index in [0.717, 1.165) is 5.39 Å². The van der Waals surface area contributed by atoms with Gasteiger partial charge in [0, 0.05) is 31.2 Å². The fourth-order valence-electron chi connectivity index (χ4n) is 5.18. The smallest absolute Gasteiger partial charge is 0.310 e. The average Bonchev–Trinajstić information content (AvgIpc) is 3.21. The highest BCUT2D eigenvalue weighted by Gasteiger charge is 2.46. The minimum absolute atomic E-state index is 0.0296. The van der Waals surface area contributed by atoms with E-state index in [0.29, 0.717) is 18.2 Å². The summed E-state index contributed by atoms with van der Waals surface area (Å²) in [6.45, 7) is 2.31. The number of ether oxygens (including phenoxy) is 2. The van der Waals surface area contributed by atoms with Gasteiger partial charge in [-0.3, -0.25) is 34.0 Å². The number of cyclic esters (lactones) is 1. The van der Waals surface area contributed by atoms with Crippen LogP contribution in [-0.4, -0.2) is 82.2 Å². The highest BCUT2D eigenvalue weighted by Crippen LogP contribution is 2.26. The van der Waals surface area contributed by atoms with Gasteiger partial charge in [0.25, 0.3) is 11.8 Å². The quantitative estimate of drug-likeness (QED) is 0.525. The fourth-order valence-corrected chi connectivity index (χ4v) is 5.18. The summed E-state index contributed by atoms with van der Waals surface area (Å²) < 4.78 is 10.5. The summed E-state index contributed by atoms with van der Waals surface area (Å²) in [5.74, 6) is -2.41. The van der Waals surface area contributed by atoms with Gasteiger partial charge < -0.3 is 20.1 Å². The van der Waals surface area contributed by atoms with Crippen LogP contribution in [-0.2, 0) is 28.7 Å². The second kappa shape index (κ2) is 10.7. The number of amides is 4. The molecule has 4 amide bonds. The van der Waals surface area contributed by atoms with Gasteiger partial charge in [0.15, 0.2) is 0 Å². The normalized spacial score (nSPS) is 25.6. The standard InChI is InChI=1S/C26H29N5O7/c1-2-37-26-18(14-21(33)38-26)29-23(34)19-8-5-13-30-20(32)10-9-17(25(36)31(19)30)28-24(35)22-16-7-4-3-6-15(16)11-12-27-22/h3-4,6-7,11-12,17-19,26H,2,5,8-10,13-14H2,1H3,(H,28,35)(H,29,34)/t17-,18-,19?,26+/m0/s1. The summed E-state index contributed by atoms with van der Waals surface area (Å²) in [5.41, 5.74) is 0.170. The lowest BCUT2D eigenvalue weighted by atomic mass is 10.0. The zero-order valence-corrected chi connectivity index (χ0v) is 20.9. The first-order valence-electron chi connectivity index (χ1n) is 12.8. The van der Waals surface area contributed by atoms with Crippen LogP contribution in [0.5, 0.6) is 0 Å². The Kier molecular flexibility index (Phi) is 7.23. The molecule has 2 aromatic rings. The average molecular weight is 524 g/mol. The van der Waals surface area contributed by atoms with Crippen molar-refractivity contribution in [2.24, 2.45) is 0 Å². The van der Waals surface area contributed by atoms with Crippen molar-refractivity contribution in [3.8, 4) is 0 Å². The Morgan fingerprint density at radius 3 is 2.76 bits per heavy atom. The maximum absolute atomic E-state index is 13.7. The highest BCUT2D eigenvalue weighted by molar-refractivity contribution is 6.06. The Bertz CT molecular complexity index is 1280. The van der Waals surface area contributed by atoms with E-state index in [2.05, 4.69) is 15.6 Å². The number of aromatic nitrogens is 1. The molecule has 1 aromatic carbocycles. The number of rotatable bonds is 6.